The fraction of sp³-hybridized carbons (Fsp3) is 0.286. The minimum Gasteiger partial charge on any atom is -0.497 e. The Morgan fingerprint density at radius 2 is 1.66 bits per heavy atom. The highest BCUT2D eigenvalue weighted by molar-refractivity contribution is 7.92. The van der Waals surface area contributed by atoms with Crippen molar-refractivity contribution in [1.29, 1.82) is 0 Å². The lowest BCUT2D eigenvalue weighted by Crippen LogP contribution is -2.39. The van der Waals surface area contributed by atoms with Gasteiger partial charge in [-0.25, -0.2) is 8.42 Å². The molecule has 2 N–H and O–H groups in total. The molecule has 0 aliphatic rings. The predicted octanol–water partition coefficient (Wildman–Crippen LogP) is 4.37. The van der Waals surface area contributed by atoms with Crippen LogP contribution in [0.4, 0.5) is 11.4 Å². The Morgan fingerprint density at radius 1 is 0.974 bits per heavy atom. The van der Waals surface area contributed by atoms with Gasteiger partial charge in [0.25, 0.3) is 15.9 Å². The van der Waals surface area contributed by atoms with Crippen molar-refractivity contribution < 1.29 is 27.5 Å². The number of nitrogens with one attached hydrogen (secondary N) is 2. The molecule has 0 aliphatic carbocycles. The Morgan fingerprint density at radius 3 is 2.29 bits per heavy atom. The highest BCUT2D eigenvalue weighted by Crippen LogP contribution is 2.35. The van der Waals surface area contributed by atoms with E-state index in [9.17, 15) is 18.0 Å². The van der Waals surface area contributed by atoms with Crippen molar-refractivity contribution in [2.45, 2.75) is 38.1 Å². The van der Waals surface area contributed by atoms with Crippen LogP contribution in [0.25, 0.3) is 0 Å². The molecule has 0 spiro atoms. The van der Waals surface area contributed by atoms with Gasteiger partial charge in [0.1, 0.15) is 18.0 Å². The highest BCUT2D eigenvalue weighted by atomic mass is 32.2. The zero-order valence-corrected chi connectivity index (χ0v) is 23.0. The maximum absolute atomic E-state index is 13.8. The number of ether oxygens (including phenoxy) is 2. The van der Waals surface area contributed by atoms with Crippen LogP contribution in [0, 0.1) is 6.92 Å². The van der Waals surface area contributed by atoms with E-state index in [2.05, 4.69) is 10.6 Å². The minimum absolute atomic E-state index is 0.0158. The average molecular weight is 540 g/mol. The third-order valence-electron chi connectivity index (χ3n) is 5.99. The summed E-state index contributed by atoms with van der Waals surface area (Å²) in [4.78, 5) is 26.1. The molecule has 1 unspecified atom stereocenters. The standard InChI is InChI=1S/C28H33N3O6S/c1-6-20(3)29-28(33)23-9-7-8-10-24(23)30-27(32)18-31(25-16-13-21(36-4)17-26(25)37-5)38(34,35)22-14-11-19(2)12-15-22/h7-17,20H,6,18H2,1-5H3,(H,29,33)(H,30,32). The largest absolute Gasteiger partial charge is 0.497 e. The van der Waals surface area contributed by atoms with Crippen molar-refractivity contribution in [2.75, 3.05) is 30.4 Å². The molecular formula is C28H33N3O6S. The van der Waals surface area contributed by atoms with Gasteiger partial charge in [0.2, 0.25) is 5.91 Å². The van der Waals surface area contributed by atoms with Gasteiger partial charge in [0.15, 0.2) is 0 Å². The lowest BCUT2D eigenvalue weighted by atomic mass is 10.1. The highest BCUT2D eigenvalue weighted by Gasteiger charge is 2.30. The molecule has 0 bridgehead atoms. The normalized spacial score (nSPS) is 11.8. The summed E-state index contributed by atoms with van der Waals surface area (Å²) in [6, 6.07) is 17.5. The van der Waals surface area contributed by atoms with Crippen LogP contribution in [0.1, 0.15) is 36.2 Å². The molecule has 0 heterocycles. The van der Waals surface area contributed by atoms with Gasteiger partial charge in [0, 0.05) is 12.1 Å². The summed E-state index contributed by atoms with van der Waals surface area (Å²) in [5.74, 6) is -0.302. The summed E-state index contributed by atoms with van der Waals surface area (Å²) in [6.07, 6.45) is 0.746. The van der Waals surface area contributed by atoms with E-state index in [4.69, 9.17) is 9.47 Å². The number of hydrogen-bond donors (Lipinski definition) is 2. The number of methoxy groups -OCH3 is 2. The van der Waals surface area contributed by atoms with E-state index < -0.39 is 22.5 Å². The number of amides is 2. The summed E-state index contributed by atoms with van der Waals surface area (Å²) in [5, 5.41) is 5.58. The second-order valence-corrected chi connectivity index (χ2v) is 10.6. The Balaban J connectivity index is 1.99. The second-order valence-electron chi connectivity index (χ2n) is 8.74. The number of carbonyl (C=O) groups excluding carboxylic acids is 2. The Hall–Kier alpha value is -4.05. The summed E-state index contributed by atoms with van der Waals surface area (Å²) < 4.78 is 39.2. The van der Waals surface area contributed by atoms with Gasteiger partial charge in [0.05, 0.1) is 36.1 Å². The monoisotopic (exact) mass is 539 g/mol. The summed E-state index contributed by atoms with van der Waals surface area (Å²) in [6.45, 7) is 5.12. The maximum atomic E-state index is 13.8. The molecule has 38 heavy (non-hydrogen) atoms. The van der Waals surface area contributed by atoms with E-state index in [1.54, 1.807) is 48.5 Å². The van der Waals surface area contributed by atoms with Gasteiger partial charge in [-0.1, -0.05) is 36.8 Å². The molecule has 3 aromatic carbocycles. The molecule has 0 aromatic heterocycles. The van der Waals surface area contributed by atoms with Crippen molar-refractivity contribution in [1.82, 2.24) is 5.32 Å². The summed E-state index contributed by atoms with van der Waals surface area (Å²) in [7, 11) is -1.30. The van der Waals surface area contributed by atoms with Gasteiger partial charge >= 0.3 is 0 Å². The van der Waals surface area contributed by atoms with E-state index in [-0.39, 0.29) is 39.5 Å². The van der Waals surface area contributed by atoms with Crippen molar-refractivity contribution >= 4 is 33.2 Å². The smallest absolute Gasteiger partial charge is 0.264 e. The van der Waals surface area contributed by atoms with Crippen molar-refractivity contribution in [2.24, 2.45) is 0 Å². The second kappa shape index (κ2) is 12.5. The van der Waals surface area contributed by atoms with Gasteiger partial charge in [-0.2, -0.15) is 0 Å². The van der Waals surface area contributed by atoms with Crippen LogP contribution in [-0.4, -0.2) is 47.0 Å². The number of rotatable bonds is 11. The molecule has 3 aromatic rings. The lowest BCUT2D eigenvalue weighted by molar-refractivity contribution is -0.114. The average Bonchev–Trinajstić information content (AvgIpc) is 2.91. The number of sulfonamides is 1. The van der Waals surface area contributed by atoms with Crippen molar-refractivity contribution in [3.05, 3.63) is 77.9 Å². The SMILES string of the molecule is CCC(C)NC(=O)c1ccccc1NC(=O)CN(c1ccc(OC)cc1OC)S(=O)(=O)c1ccc(C)cc1. The number of carbonyl (C=O) groups is 2. The predicted molar refractivity (Wildman–Crippen MR) is 148 cm³/mol. The zero-order chi connectivity index (χ0) is 27.9. The molecule has 3 rings (SSSR count). The van der Waals surface area contributed by atoms with Gasteiger partial charge in [-0.15, -0.1) is 0 Å². The fourth-order valence-electron chi connectivity index (χ4n) is 3.64. The van der Waals surface area contributed by atoms with E-state index in [0.29, 0.717) is 5.75 Å². The van der Waals surface area contributed by atoms with E-state index in [1.165, 1.54) is 32.4 Å². The molecule has 0 saturated carbocycles. The van der Waals surface area contributed by atoms with Crippen LogP contribution in [0.3, 0.4) is 0 Å². The first-order valence-electron chi connectivity index (χ1n) is 12.1. The molecule has 0 saturated heterocycles. The first kappa shape index (κ1) is 28.5. The molecule has 0 radical (unpaired) electrons. The zero-order valence-electron chi connectivity index (χ0n) is 22.1. The molecular weight excluding hydrogens is 506 g/mol. The molecule has 9 nitrogen and oxygen atoms in total. The number of nitrogens with zero attached hydrogens (tertiary/aromatic N) is 1. The van der Waals surface area contributed by atoms with Crippen LogP contribution >= 0.6 is 0 Å². The quantitative estimate of drug-likeness (QED) is 0.374. The van der Waals surface area contributed by atoms with Gasteiger partial charge < -0.3 is 20.1 Å². The lowest BCUT2D eigenvalue weighted by Gasteiger charge is -2.26. The Kier molecular flexibility index (Phi) is 9.35. The van der Waals surface area contributed by atoms with Crippen LogP contribution < -0.4 is 24.4 Å². The summed E-state index contributed by atoms with van der Waals surface area (Å²) in [5.41, 5.74) is 1.60. The molecule has 10 heteroatoms. The molecule has 0 aliphatic heterocycles. The first-order valence-corrected chi connectivity index (χ1v) is 13.6. The number of anilines is 2. The van der Waals surface area contributed by atoms with Crippen molar-refractivity contribution in [3.63, 3.8) is 0 Å². The topological polar surface area (TPSA) is 114 Å². The van der Waals surface area contributed by atoms with Crippen LogP contribution in [0.5, 0.6) is 11.5 Å². The van der Waals surface area contributed by atoms with E-state index in [0.717, 1.165) is 16.3 Å². The van der Waals surface area contributed by atoms with Crippen LogP contribution in [0.2, 0.25) is 0 Å². The van der Waals surface area contributed by atoms with E-state index >= 15 is 0 Å². The Bertz CT molecular complexity index is 1390. The number of hydrogen-bond acceptors (Lipinski definition) is 6. The van der Waals surface area contributed by atoms with Crippen LogP contribution in [-0.2, 0) is 14.8 Å². The minimum atomic E-state index is -4.18. The van der Waals surface area contributed by atoms with Gasteiger partial charge in [-0.05, 0) is 56.7 Å². The third-order valence-corrected chi connectivity index (χ3v) is 7.76. The molecule has 2 amide bonds. The number of benzene rings is 3. The first-order chi connectivity index (χ1) is 18.1. The molecule has 202 valence electrons. The fourth-order valence-corrected chi connectivity index (χ4v) is 5.07. The Labute approximate surface area is 223 Å². The molecule has 0 fully saturated rings. The van der Waals surface area contributed by atoms with Gasteiger partial charge in [-0.3, -0.25) is 13.9 Å². The van der Waals surface area contributed by atoms with Crippen LogP contribution in [0.15, 0.2) is 71.6 Å². The third kappa shape index (κ3) is 6.63. The number of aryl methyl sites for hydroxylation is 1. The van der Waals surface area contributed by atoms with E-state index in [1.807, 2.05) is 20.8 Å². The summed E-state index contributed by atoms with van der Waals surface area (Å²) >= 11 is 0. The number of para-hydroxylation sites is 1. The van der Waals surface area contributed by atoms with Crippen molar-refractivity contribution in [3.8, 4) is 11.5 Å². The molecule has 1 atom stereocenters. The maximum Gasteiger partial charge on any atom is 0.264 e.